The summed E-state index contributed by atoms with van der Waals surface area (Å²) in [6, 6.07) is 0. The fourth-order valence-corrected chi connectivity index (χ4v) is 0.894. The van der Waals surface area contributed by atoms with Gasteiger partial charge in [-0.2, -0.15) is 0 Å². The molecule has 0 radical (unpaired) electrons. The number of rotatable bonds is 2. The summed E-state index contributed by atoms with van der Waals surface area (Å²) >= 11 is 0. The van der Waals surface area contributed by atoms with Gasteiger partial charge in [-0.25, -0.2) is 4.79 Å². The summed E-state index contributed by atoms with van der Waals surface area (Å²) in [6.07, 6.45) is 4.59. The molecule has 0 saturated carbocycles. The van der Waals surface area contributed by atoms with Crippen LogP contribution >= 0.6 is 0 Å². The van der Waals surface area contributed by atoms with Crippen LogP contribution in [-0.2, 0) is 0 Å². The summed E-state index contributed by atoms with van der Waals surface area (Å²) in [5, 5.41) is 8.79. The molecule has 0 atom stereocenters. The third-order valence-corrected chi connectivity index (χ3v) is 1.52. The third-order valence-electron chi connectivity index (χ3n) is 1.52. The largest absolute Gasteiger partial charge is 0.465 e. The van der Waals surface area contributed by atoms with Crippen molar-refractivity contribution in [3.63, 3.8) is 0 Å². The number of hydrogen-bond donors (Lipinski definition) is 1. The van der Waals surface area contributed by atoms with Gasteiger partial charge in [-0.1, -0.05) is 0 Å². The topological polar surface area (TPSA) is 40.5 Å². The molecule has 1 amide bonds. The van der Waals surface area contributed by atoms with Gasteiger partial charge < -0.3 is 10.0 Å². The van der Waals surface area contributed by atoms with Gasteiger partial charge >= 0.3 is 6.09 Å². The average Bonchev–Trinajstić information content (AvgIpc) is 1.84. The van der Waals surface area contributed by atoms with Crippen molar-refractivity contribution in [2.75, 3.05) is 6.54 Å². The zero-order valence-electron chi connectivity index (χ0n) is 7.79. The van der Waals surface area contributed by atoms with Gasteiger partial charge in [0.15, 0.2) is 0 Å². The van der Waals surface area contributed by atoms with E-state index < -0.39 is 6.09 Å². The zero-order chi connectivity index (χ0) is 9.78. The number of amides is 1. The standard InChI is InChI=1S/C9H15NO2/c1-5-6-7-10(8(11)12)9(2,3)4/h1H,6-7H2,2-4H3,(H,11,12). The molecule has 0 bridgehead atoms. The van der Waals surface area contributed by atoms with Gasteiger partial charge in [0.05, 0.1) is 0 Å². The summed E-state index contributed by atoms with van der Waals surface area (Å²) < 4.78 is 0. The molecule has 0 aliphatic heterocycles. The van der Waals surface area contributed by atoms with E-state index in [-0.39, 0.29) is 5.54 Å². The first-order valence-electron chi connectivity index (χ1n) is 3.83. The normalized spacial score (nSPS) is 10.5. The molecule has 0 aromatic carbocycles. The minimum Gasteiger partial charge on any atom is -0.465 e. The number of carbonyl (C=O) groups is 1. The summed E-state index contributed by atoms with van der Waals surface area (Å²) in [5.41, 5.74) is -0.372. The lowest BCUT2D eigenvalue weighted by Crippen LogP contribution is -2.45. The highest BCUT2D eigenvalue weighted by Crippen LogP contribution is 2.13. The number of carboxylic acid groups (broad SMARTS) is 1. The molecule has 0 spiro atoms. The van der Waals surface area contributed by atoms with E-state index in [1.807, 2.05) is 20.8 Å². The van der Waals surface area contributed by atoms with Gasteiger partial charge in [0.1, 0.15) is 0 Å². The van der Waals surface area contributed by atoms with E-state index in [4.69, 9.17) is 11.5 Å². The van der Waals surface area contributed by atoms with Crippen molar-refractivity contribution in [2.45, 2.75) is 32.7 Å². The van der Waals surface area contributed by atoms with Crippen LogP contribution in [0.1, 0.15) is 27.2 Å². The Kier molecular flexibility index (Phi) is 3.62. The Hall–Kier alpha value is -1.17. The van der Waals surface area contributed by atoms with E-state index >= 15 is 0 Å². The van der Waals surface area contributed by atoms with E-state index in [2.05, 4.69) is 5.92 Å². The third kappa shape index (κ3) is 3.29. The van der Waals surface area contributed by atoms with E-state index in [9.17, 15) is 4.79 Å². The lowest BCUT2D eigenvalue weighted by molar-refractivity contribution is 0.102. The second-order valence-electron chi connectivity index (χ2n) is 3.56. The van der Waals surface area contributed by atoms with Gasteiger partial charge in [0.2, 0.25) is 0 Å². The van der Waals surface area contributed by atoms with Gasteiger partial charge in [-0.3, -0.25) is 0 Å². The molecule has 0 fully saturated rings. The van der Waals surface area contributed by atoms with Gasteiger partial charge in [0, 0.05) is 18.5 Å². The van der Waals surface area contributed by atoms with Crippen LogP contribution in [0.25, 0.3) is 0 Å². The van der Waals surface area contributed by atoms with Crippen molar-refractivity contribution in [3.8, 4) is 12.3 Å². The molecule has 0 aromatic rings. The molecule has 0 aliphatic rings. The highest BCUT2D eigenvalue weighted by molar-refractivity contribution is 5.65. The SMILES string of the molecule is C#CCCN(C(=O)O)C(C)(C)C. The van der Waals surface area contributed by atoms with Gasteiger partial charge in [-0.15, -0.1) is 12.3 Å². The summed E-state index contributed by atoms with van der Waals surface area (Å²) in [6.45, 7) is 5.93. The first-order chi connectivity index (χ1) is 5.39. The Morgan fingerprint density at radius 3 is 2.33 bits per heavy atom. The summed E-state index contributed by atoms with van der Waals surface area (Å²) in [5.74, 6) is 2.42. The Balaban J connectivity index is 4.27. The second-order valence-corrected chi connectivity index (χ2v) is 3.56. The lowest BCUT2D eigenvalue weighted by atomic mass is 10.1. The number of terminal acetylenes is 1. The first kappa shape index (κ1) is 10.8. The molecule has 68 valence electrons. The maximum absolute atomic E-state index is 10.7. The predicted octanol–water partition coefficient (Wildman–Crippen LogP) is 1.79. The smallest absolute Gasteiger partial charge is 0.407 e. The quantitative estimate of drug-likeness (QED) is 0.640. The Morgan fingerprint density at radius 2 is 2.08 bits per heavy atom. The highest BCUT2D eigenvalue weighted by Gasteiger charge is 2.24. The molecule has 1 N–H and O–H groups in total. The van der Waals surface area contributed by atoms with Crippen LogP contribution in [0.3, 0.4) is 0 Å². The van der Waals surface area contributed by atoms with Crippen molar-refractivity contribution in [3.05, 3.63) is 0 Å². The van der Waals surface area contributed by atoms with E-state index in [1.54, 1.807) is 0 Å². The Labute approximate surface area is 73.4 Å². The van der Waals surface area contributed by atoms with E-state index in [0.29, 0.717) is 13.0 Å². The monoisotopic (exact) mass is 169 g/mol. The predicted molar refractivity (Wildman–Crippen MR) is 47.9 cm³/mol. The van der Waals surface area contributed by atoms with Crippen LogP contribution in [0.5, 0.6) is 0 Å². The number of nitrogens with zero attached hydrogens (tertiary/aromatic N) is 1. The van der Waals surface area contributed by atoms with Crippen LogP contribution in [0.2, 0.25) is 0 Å². The van der Waals surface area contributed by atoms with Crippen molar-refractivity contribution in [1.82, 2.24) is 4.90 Å². The molecule has 0 aliphatic carbocycles. The second kappa shape index (κ2) is 4.01. The average molecular weight is 169 g/mol. The maximum atomic E-state index is 10.7. The summed E-state index contributed by atoms with van der Waals surface area (Å²) in [4.78, 5) is 12.0. The van der Waals surface area contributed by atoms with E-state index in [1.165, 1.54) is 4.90 Å². The fourth-order valence-electron chi connectivity index (χ4n) is 0.894. The molecule has 0 rings (SSSR count). The van der Waals surface area contributed by atoms with Gasteiger partial charge in [-0.05, 0) is 20.8 Å². The molecule has 0 saturated heterocycles. The Morgan fingerprint density at radius 1 is 1.58 bits per heavy atom. The fraction of sp³-hybridized carbons (Fsp3) is 0.667. The minimum atomic E-state index is -0.919. The van der Waals surface area contributed by atoms with Crippen LogP contribution in [0.15, 0.2) is 0 Å². The molecular formula is C9H15NO2. The minimum absolute atomic E-state index is 0.372. The maximum Gasteiger partial charge on any atom is 0.407 e. The Bertz CT molecular complexity index is 198. The van der Waals surface area contributed by atoms with Crippen molar-refractivity contribution in [2.24, 2.45) is 0 Å². The number of hydrogen-bond acceptors (Lipinski definition) is 1. The van der Waals surface area contributed by atoms with Gasteiger partial charge in [0.25, 0.3) is 0 Å². The molecule has 0 aromatic heterocycles. The van der Waals surface area contributed by atoms with Crippen LogP contribution < -0.4 is 0 Å². The van der Waals surface area contributed by atoms with Crippen molar-refractivity contribution < 1.29 is 9.90 Å². The molecule has 3 heteroatoms. The van der Waals surface area contributed by atoms with E-state index in [0.717, 1.165) is 0 Å². The van der Waals surface area contributed by atoms with Crippen molar-refractivity contribution in [1.29, 1.82) is 0 Å². The highest BCUT2D eigenvalue weighted by atomic mass is 16.4. The molecule has 3 nitrogen and oxygen atoms in total. The summed E-state index contributed by atoms with van der Waals surface area (Å²) in [7, 11) is 0. The van der Waals surface area contributed by atoms with Crippen LogP contribution in [0, 0.1) is 12.3 Å². The zero-order valence-corrected chi connectivity index (χ0v) is 7.79. The molecule has 12 heavy (non-hydrogen) atoms. The molecular weight excluding hydrogens is 154 g/mol. The molecule has 0 unspecified atom stereocenters. The van der Waals surface area contributed by atoms with Crippen LogP contribution in [0.4, 0.5) is 4.79 Å². The first-order valence-corrected chi connectivity index (χ1v) is 3.83. The lowest BCUT2D eigenvalue weighted by Gasteiger charge is -2.32. The van der Waals surface area contributed by atoms with Crippen molar-refractivity contribution >= 4 is 6.09 Å². The van der Waals surface area contributed by atoms with Crippen LogP contribution in [-0.4, -0.2) is 28.2 Å². The molecule has 0 heterocycles.